The smallest absolute Gasteiger partial charge is 0.348 e. The molecule has 0 atom stereocenters. The zero-order valence-corrected chi connectivity index (χ0v) is 18.9. The first-order valence-corrected chi connectivity index (χ1v) is 10.3. The van der Waals surface area contributed by atoms with Gasteiger partial charge in [0.15, 0.2) is 5.75 Å². The summed E-state index contributed by atoms with van der Waals surface area (Å²) in [6.07, 6.45) is 0. The van der Waals surface area contributed by atoms with E-state index in [2.05, 4.69) is 10.3 Å². The van der Waals surface area contributed by atoms with E-state index in [9.17, 15) is 23.7 Å². The third kappa shape index (κ3) is 5.97. The molecule has 176 valence electrons. The minimum Gasteiger partial charge on any atom is -0.477 e. The van der Waals surface area contributed by atoms with E-state index >= 15 is 0 Å². The van der Waals surface area contributed by atoms with Crippen LogP contribution < -0.4 is 10.1 Å². The van der Waals surface area contributed by atoms with Gasteiger partial charge in [0, 0.05) is 17.8 Å². The summed E-state index contributed by atoms with van der Waals surface area (Å²) in [6, 6.07) is 10.0. The van der Waals surface area contributed by atoms with Crippen molar-refractivity contribution in [2.24, 2.45) is 4.99 Å². The number of non-ortho nitro benzene ring substituents is 1. The second-order valence-electron chi connectivity index (χ2n) is 6.50. The van der Waals surface area contributed by atoms with Crippen LogP contribution in [0.4, 0.5) is 25.0 Å². The van der Waals surface area contributed by atoms with Crippen LogP contribution in [0.3, 0.4) is 0 Å². The number of benzene rings is 3. The Kier molecular flexibility index (Phi) is 7.98. The van der Waals surface area contributed by atoms with E-state index in [4.69, 9.17) is 32.7 Å². The number of nitrogens with one attached hydrogen (secondary N) is 1. The van der Waals surface area contributed by atoms with Crippen LogP contribution in [0, 0.1) is 21.7 Å². The Morgan fingerprint density at radius 3 is 2.21 bits per heavy atom. The molecule has 34 heavy (non-hydrogen) atoms. The Balaban J connectivity index is 1.81. The fourth-order valence-electron chi connectivity index (χ4n) is 2.73. The topological polar surface area (TPSA) is 103 Å². The van der Waals surface area contributed by atoms with Gasteiger partial charge < -0.3 is 14.8 Å². The zero-order chi connectivity index (χ0) is 24.8. The molecule has 0 fully saturated rings. The van der Waals surface area contributed by atoms with Crippen molar-refractivity contribution in [2.45, 2.75) is 6.92 Å². The van der Waals surface area contributed by atoms with Crippen molar-refractivity contribution in [2.75, 3.05) is 11.9 Å². The van der Waals surface area contributed by atoms with Crippen LogP contribution in [0.25, 0.3) is 0 Å². The lowest BCUT2D eigenvalue weighted by Gasteiger charge is -2.12. The van der Waals surface area contributed by atoms with Gasteiger partial charge in [-0.25, -0.2) is 13.6 Å². The predicted octanol–water partition coefficient (Wildman–Crippen LogP) is 6.99. The van der Waals surface area contributed by atoms with Gasteiger partial charge in [0.2, 0.25) is 5.90 Å². The Bertz CT molecular complexity index is 1230. The number of aliphatic imine (C=N–C) groups is 1. The van der Waals surface area contributed by atoms with Gasteiger partial charge in [0.25, 0.3) is 5.69 Å². The number of hydrogen-bond donors (Lipinski definition) is 1. The number of carbonyl (C=O) groups is 1. The average Bonchev–Trinajstić information content (AvgIpc) is 2.76. The molecule has 12 heteroatoms. The molecule has 0 saturated carbocycles. The summed E-state index contributed by atoms with van der Waals surface area (Å²) in [6.45, 7) is 1.57. The second-order valence-corrected chi connectivity index (χ2v) is 7.31. The molecule has 3 aromatic carbocycles. The van der Waals surface area contributed by atoms with Crippen LogP contribution in [0.2, 0.25) is 10.0 Å². The molecular formula is C22H15Cl2F2N3O5. The van der Waals surface area contributed by atoms with Gasteiger partial charge >= 0.3 is 6.03 Å². The van der Waals surface area contributed by atoms with Gasteiger partial charge in [-0.2, -0.15) is 4.99 Å². The molecule has 0 bridgehead atoms. The van der Waals surface area contributed by atoms with Crippen molar-refractivity contribution in [1.82, 2.24) is 0 Å². The predicted molar refractivity (Wildman–Crippen MR) is 123 cm³/mol. The quantitative estimate of drug-likeness (QED) is 0.167. The number of nitro benzene ring substituents is 1. The molecule has 3 rings (SSSR count). The summed E-state index contributed by atoms with van der Waals surface area (Å²) in [5.41, 5.74) is -0.586. The number of rotatable bonds is 6. The molecule has 0 aliphatic carbocycles. The maximum Gasteiger partial charge on any atom is 0.348 e. The summed E-state index contributed by atoms with van der Waals surface area (Å²) in [5.74, 6) is -2.14. The van der Waals surface area contributed by atoms with E-state index in [1.807, 2.05) is 0 Å². The molecule has 0 heterocycles. The molecule has 0 radical (unpaired) electrons. The van der Waals surface area contributed by atoms with Crippen molar-refractivity contribution < 1.29 is 28.0 Å². The standard InChI is InChI=1S/C22H15Cl2F2N3O5/c1-2-33-21(19-17(25)4-3-5-18(19)26)28-22(30)27-12-10-15(23)20(16(24)11-12)34-14-8-6-13(7-9-14)29(31)32/h3-11H,2H2,1H3,(H,27,30). The minimum absolute atomic E-state index is 0.00617. The fourth-order valence-corrected chi connectivity index (χ4v) is 3.29. The van der Waals surface area contributed by atoms with Gasteiger partial charge in [0.05, 0.1) is 21.6 Å². The van der Waals surface area contributed by atoms with Crippen LogP contribution >= 0.6 is 23.2 Å². The van der Waals surface area contributed by atoms with Crippen molar-refractivity contribution >= 4 is 46.5 Å². The Morgan fingerprint density at radius 2 is 1.68 bits per heavy atom. The van der Waals surface area contributed by atoms with Crippen molar-refractivity contribution in [3.63, 3.8) is 0 Å². The first-order valence-electron chi connectivity index (χ1n) is 9.57. The third-order valence-corrected chi connectivity index (χ3v) is 4.74. The van der Waals surface area contributed by atoms with Crippen LogP contribution in [0.5, 0.6) is 11.5 Å². The van der Waals surface area contributed by atoms with Gasteiger partial charge in [-0.1, -0.05) is 29.3 Å². The maximum atomic E-state index is 14.1. The molecule has 0 aromatic heterocycles. The van der Waals surface area contributed by atoms with E-state index < -0.39 is 34.1 Å². The lowest BCUT2D eigenvalue weighted by atomic mass is 10.2. The highest BCUT2D eigenvalue weighted by atomic mass is 35.5. The number of hydrogen-bond acceptors (Lipinski definition) is 5. The molecule has 0 saturated heterocycles. The van der Waals surface area contributed by atoms with E-state index in [1.54, 1.807) is 6.92 Å². The van der Waals surface area contributed by atoms with Crippen LogP contribution in [0.15, 0.2) is 59.6 Å². The number of carbonyl (C=O) groups excluding carboxylic acids is 1. The number of anilines is 1. The number of urea groups is 1. The van der Waals surface area contributed by atoms with Crippen molar-refractivity contribution in [3.05, 3.63) is 92.0 Å². The summed E-state index contributed by atoms with van der Waals surface area (Å²) in [5, 5.41) is 13.2. The van der Waals surface area contributed by atoms with Crippen LogP contribution in [-0.2, 0) is 4.74 Å². The molecule has 0 unspecified atom stereocenters. The van der Waals surface area contributed by atoms with Crippen molar-refractivity contribution in [3.8, 4) is 11.5 Å². The van der Waals surface area contributed by atoms with E-state index in [-0.39, 0.29) is 39.5 Å². The number of amides is 2. The highest BCUT2D eigenvalue weighted by Gasteiger charge is 2.19. The minimum atomic E-state index is -0.998. The van der Waals surface area contributed by atoms with E-state index in [1.165, 1.54) is 42.5 Å². The molecule has 0 spiro atoms. The van der Waals surface area contributed by atoms with Gasteiger partial charge in [-0.15, -0.1) is 0 Å². The highest BCUT2D eigenvalue weighted by molar-refractivity contribution is 6.37. The van der Waals surface area contributed by atoms with E-state index in [0.717, 1.165) is 12.1 Å². The third-order valence-electron chi connectivity index (χ3n) is 4.18. The SMILES string of the molecule is CCOC(=NC(=O)Nc1cc(Cl)c(Oc2ccc([N+](=O)[O-])cc2)c(Cl)c1)c1c(F)cccc1F. The average molecular weight is 510 g/mol. The first-order chi connectivity index (χ1) is 16.2. The summed E-state index contributed by atoms with van der Waals surface area (Å²) < 4.78 is 38.9. The molecule has 8 nitrogen and oxygen atoms in total. The number of nitro groups is 1. The lowest BCUT2D eigenvalue weighted by Crippen LogP contribution is -2.16. The molecular weight excluding hydrogens is 495 g/mol. The van der Waals surface area contributed by atoms with Crippen LogP contribution in [0.1, 0.15) is 12.5 Å². The van der Waals surface area contributed by atoms with Crippen molar-refractivity contribution in [1.29, 1.82) is 0 Å². The summed E-state index contributed by atoms with van der Waals surface area (Å²) in [4.78, 5) is 26.2. The number of ether oxygens (including phenoxy) is 2. The molecule has 2 amide bonds. The van der Waals surface area contributed by atoms with Crippen LogP contribution in [-0.4, -0.2) is 23.5 Å². The fraction of sp³-hybridized carbons (Fsp3) is 0.0909. The monoisotopic (exact) mass is 509 g/mol. The summed E-state index contributed by atoms with van der Waals surface area (Å²) >= 11 is 12.4. The first kappa shape index (κ1) is 24.9. The zero-order valence-electron chi connectivity index (χ0n) is 17.4. The normalized spacial score (nSPS) is 11.1. The molecule has 0 aliphatic rings. The molecule has 0 aliphatic heterocycles. The largest absolute Gasteiger partial charge is 0.477 e. The summed E-state index contributed by atoms with van der Waals surface area (Å²) in [7, 11) is 0. The maximum absolute atomic E-state index is 14.1. The number of halogens is 4. The molecule has 1 N–H and O–H groups in total. The Morgan fingerprint density at radius 1 is 1.09 bits per heavy atom. The highest BCUT2D eigenvalue weighted by Crippen LogP contribution is 2.39. The van der Waals surface area contributed by atoms with Gasteiger partial charge in [-0.05, 0) is 43.3 Å². The van der Waals surface area contributed by atoms with Gasteiger partial charge in [-0.3, -0.25) is 10.1 Å². The Hall–Kier alpha value is -3.76. The van der Waals surface area contributed by atoms with E-state index in [0.29, 0.717) is 0 Å². The Labute approximate surface area is 201 Å². The number of nitrogens with zero attached hydrogens (tertiary/aromatic N) is 2. The lowest BCUT2D eigenvalue weighted by molar-refractivity contribution is -0.384. The van der Waals surface area contributed by atoms with Gasteiger partial charge in [0.1, 0.15) is 22.9 Å². The second kappa shape index (κ2) is 10.9. The molecule has 3 aromatic rings.